The average molecular weight is 180 g/mol. The van der Waals surface area contributed by atoms with Crippen LogP contribution in [0.25, 0.3) is 0 Å². The lowest BCUT2D eigenvalue weighted by molar-refractivity contribution is -0.234. The minimum atomic E-state index is -0.609. The van der Waals surface area contributed by atoms with Crippen LogP contribution in [0.4, 0.5) is 0 Å². The average Bonchev–Trinajstić information content (AvgIpc) is 2.19. The molecule has 13 heavy (non-hydrogen) atoms. The van der Waals surface area contributed by atoms with Gasteiger partial charge < -0.3 is 4.79 Å². The van der Waals surface area contributed by atoms with Gasteiger partial charge in [0.05, 0.1) is 5.56 Å². The molecular formula is C9H8O4. The van der Waals surface area contributed by atoms with E-state index < -0.39 is 5.97 Å². The number of carbonyl (C=O) groups is 2. The highest BCUT2D eigenvalue weighted by atomic mass is 17.2. The van der Waals surface area contributed by atoms with Crippen molar-refractivity contribution in [3.63, 3.8) is 0 Å². The lowest BCUT2D eigenvalue weighted by Crippen LogP contribution is -2.06. The van der Waals surface area contributed by atoms with Crippen LogP contribution in [0.1, 0.15) is 10.4 Å². The first-order chi connectivity index (χ1) is 6.34. The van der Waals surface area contributed by atoms with Crippen molar-refractivity contribution in [2.45, 2.75) is 0 Å². The summed E-state index contributed by atoms with van der Waals surface area (Å²) in [6.07, 6.45) is 0.498. The molecule has 0 aromatic heterocycles. The number of hydrogen-bond donors (Lipinski definition) is 0. The van der Waals surface area contributed by atoms with E-state index in [1.165, 1.54) is 0 Å². The molecule has 0 bridgehead atoms. The van der Waals surface area contributed by atoms with Crippen LogP contribution in [-0.2, 0) is 14.6 Å². The van der Waals surface area contributed by atoms with E-state index in [4.69, 9.17) is 0 Å². The summed E-state index contributed by atoms with van der Waals surface area (Å²) in [5.74, 6) is -0.609. The molecule has 0 spiro atoms. The van der Waals surface area contributed by atoms with Gasteiger partial charge in [-0.15, -0.1) is 0 Å². The normalized spacial score (nSPS) is 9.23. The molecule has 1 aromatic carbocycles. The molecule has 0 aliphatic heterocycles. The van der Waals surface area contributed by atoms with E-state index in [0.29, 0.717) is 11.8 Å². The van der Waals surface area contributed by atoms with Crippen molar-refractivity contribution in [1.29, 1.82) is 0 Å². The first-order valence-corrected chi connectivity index (χ1v) is 3.67. The molecule has 4 nitrogen and oxygen atoms in total. The van der Waals surface area contributed by atoms with Gasteiger partial charge in [0.15, 0.2) is 0 Å². The Kier molecular flexibility index (Phi) is 3.66. The van der Waals surface area contributed by atoms with E-state index in [9.17, 15) is 9.59 Å². The molecule has 1 aromatic rings. The van der Waals surface area contributed by atoms with E-state index in [-0.39, 0.29) is 6.61 Å². The number of hydrogen-bond acceptors (Lipinski definition) is 4. The van der Waals surface area contributed by atoms with Crippen LogP contribution < -0.4 is 0 Å². The summed E-state index contributed by atoms with van der Waals surface area (Å²) in [4.78, 5) is 29.4. The Morgan fingerprint density at radius 3 is 2.62 bits per heavy atom. The van der Waals surface area contributed by atoms with E-state index in [2.05, 4.69) is 9.78 Å². The Morgan fingerprint density at radius 2 is 2.00 bits per heavy atom. The highest BCUT2D eigenvalue weighted by Gasteiger charge is 2.05. The van der Waals surface area contributed by atoms with E-state index in [0.717, 1.165) is 0 Å². The van der Waals surface area contributed by atoms with Gasteiger partial charge in [-0.25, -0.2) is 4.79 Å². The molecule has 0 aliphatic rings. The number of benzene rings is 1. The molecule has 4 heteroatoms. The maximum atomic E-state index is 11.1. The van der Waals surface area contributed by atoms with Crippen molar-refractivity contribution in [1.82, 2.24) is 0 Å². The highest BCUT2D eigenvalue weighted by Crippen LogP contribution is 2.00. The zero-order valence-electron chi connectivity index (χ0n) is 6.80. The maximum Gasteiger partial charge on any atom is 0.373 e. The summed E-state index contributed by atoms with van der Waals surface area (Å²) in [6.45, 7) is -0.251. The largest absolute Gasteiger partial charge is 0.373 e. The third-order valence-electron chi connectivity index (χ3n) is 1.28. The van der Waals surface area contributed by atoms with Crippen molar-refractivity contribution in [3.8, 4) is 0 Å². The molecular weight excluding hydrogens is 172 g/mol. The predicted octanol–water partition coefficient (Wildman–Crippen LogP) is 0.974. The Labute approximate surface area is 75.0 Å². The molecule has 0 fully saturated rings. The topological polar surface area (TPSA) is 52.6 Å². The van der Waals surface area contributed by atoms with E-state index >= 15 is 0 Å². The quantitative estimate of drug-likeness (QED) is 0.300. The Bertz CT molecular complexity index is 281. The van der Waals surface area contributed by atoms with Crippen LogP contribution in [0.2, 0.25) is 0 Å². The Morgan fingerprint density at radius 1 is 1.31 bits per heavy atom. The molecule has 0 saturated heterocycles. The summed E-state index contributed by atoms with van der Waals surface area (Å²) in [5.41, 5.74) is 0.383. The number of carbonyl (C=O) groups excluding carboxylic acids is 2. The van der Waals surface area contributed by atoms with Gasteiger partial charge in [-0.2, -0.15) is 4.89 Å². The van der Waals surface area contributed by atoms with Crippen molar-refractivity contribution in [2.75, 3.05) is 6.61 Å². The molecule has 0 atom stereocenters. The van der Waals surface area contributed by atoms with Gasteiger partial charge in [0, 0.05) is 0 Å². The maximum absolute atomic E-state index is 11.1. The van der Waals surface area contributed by atoms with Crippen molar-refractivity contribution < 1.29 is 19.4 Å². The van der Waals surface area contributed by atoms with Crippen molar-refractivity contribution in [3.05, 3.63) is 35.9 Å². The summed E-state index contributed by atoms with van der Waals surface area (Å²) >= 11 is 0. The summed E-state index contributed by atoms with van der Waals surface area (Å²) in [5, 5.41) is 0. The van der Waals surface area contributed by atoms with Crippen molar-refractivity contribution >= 4 is 12.3 Å². The van der Waals surface area contributed by atoms with Crippen LogP contribution in [-0.4, -0.2) is 18.9 Å². The summed E-state index contributed by atoms with van der Waals surface area (Å²) < 4.78 is 0. The van der Waals surface area contributed by atoms with Crippen molar-refractivity contribution in [2.24, 2.45) is 0 Å². The first kappa shape index (κ1) is 9.41. The monoisotopic (exact) mass is 180 g/mol. The second kappa shape index (κ2) is 5.05. The van der Waals surface area contributed by atoms with Gasteiger partial charge in [0.2, 0.25) is 0 Å². The molecule has 68 valence electrons. The second-order valence-corrected chi connectivity index (χ2v) is 2.19. The third kappa shape index (κ3) is 3.04. The molecule has 0 saturated carbocycles. The fourth-order valence-corrected chi connectivity index (χ4v) is 0.738. The molecule has 0 radical (unpaired) electrons. The van der Waals surface area contributed by atoms with Gasteiger partial charge >= 0.3 is 5.97 Å². The molecule has 0 N–H and O–H groups in total. The second-order valence-electron chi connectivity index (χ2n) is 2.19. The minimum Gasteiger partial charge on any atom is -0.301 e. The van der Waals surface area contributed by atoms with Crippen LogP contribution in [0.15, 0.2) is 30.3 Å². The van der Waals surface area contributed by atoms with Crippen LogP contribution >= 0.6 is 0 Å². The zero-order valence-corrected chi connectivity index (χ0v) is 6.80. The van der Waals surface area contributed by atoms with Gasteiger partial charge in [-0.05, 0) is 12.1 Å². The van der Waals surface area contributed by atoms with E-state index in [1.807, 2.05) is 0 Å². The summed E-state index contributed by atoms with van der Waals surface area (Å²) in [6, 6.07) is 8.37. The lowest BCUT2D eigenvalue weighted by Gasteiger charge is -1.99. The van der Waals surface area contributed by atoms with Crippen LogP contribution in [0.3, 0.4) is 0 Å². The summed E-state index contributed by atoms with van der Waals surface area (Å²) in [7, 11) is 0. The highest BCUT2D eigenvalue weighted by molar-refractivity contribution is 5.88. The standard InChI is InChI=1S/C9H8O4/c10-6-7-12-13-9(11)8-4-2-1-3-5-8/h1-6H,7H2. The molecule has 0 unspecified atom stereocenters. The third-order valence-corrected chi connectivity index (χ3v) is 1.28. The van der Waals surface area contributed by atoms with Crippen LogP contribution in [0, 0.1) is 0 Å². The predicted molar refractivity (Wildman–Crippen MR) is 43.9 cm³/mol. The minimum absolute atomic E-state index is 0.251. The number of aldehydes is 1. The van der Waals surface area contributed by atoms with Gasteiger partial charge in [-0.3, -0.25) is 4.89 Å². The first-order valence-electron chi connectivity index (χ1n) is 3.67. The smallest absolute Gasteiger partial charge is 0.301 e. The molecule has 1 rings (SSSR count). The van der Waals surface area contributed by atoms with Gasteiger partial charge in [0.1, 0.15) is 12.9 Å². The molecule has 0 amide bonds. The lowest BCUT2D eigenvalue weighted by atomic mass is 10.2. The Hall–Kier alpha value is -1.68. The SMILES string of the molecule is O=CCOOC(=O)c1ccccc1. The Balaban J connectivity index is 2.45. The molecule has 0 heterocycles. The van der Waals surface area contributed by atoms with Crippen LogP contribution in [0.5, 0.6) is 0 Å². The van der Waals surface area contributed by atoms with E-state index in [1.54, 1.807) is 30.3 Å². The fraction of sp³-hybridized carbons (Fsp3) is 0.111. The van der Waals surface area contributed by atoms with Gasteiger partial charge in [-0.1, -0.05) is 18.2 Å². The zero-order chi connectivity index (χ0) is 9.52. The number of rotatable bonds is 4. The molecule has 0 aliphatic carbocycles. The van der Waals surface area contributed by atoms with Gasteiger partial charge in [0.25, 0.3) is 0 Å². The fourth-order valence-electron chi connectivity index (χ4n) is 0.738.